The van der Waals surface area contributed by atoms with E-state index >= 15 is 0 Å². The van der Waals surface area contributed by atoms with Crippen molar-refractivity contribution in [3.8, 4) is 11.5 Å². The highest BCUT2D eigenvalue weighted by molar-refractivity contribution is 7.88. The number of halogens is 2. The number of carbonyl (C=O) groups excluding carboxylic acids is 1. The van der Waals surface area contributed by atoms with E-state index in [9.17, 15) is 27.8 Å². The van der Waals surface area contributed by atoms with Crippen LogP contribution in [0.4, 0.5) is 4.39 Å². The molecule has 2 bridgehead atoms. The van der Waals surface area contributed by atoms with Crippen LogP contribution in [-0.4, -0.2) is 67.4 Å². The number of ketones is 1. The van der Waals surface area contributed by atoms with Crippen molar-refractivity contribution < 1.29 is 37.3 Å². The van der Waals surface area contributed by atoms with Crippen LogP contribution in [0.25, 0.3) is 0 Å². The lowest BCUT2D eigenvalue weighted by Crippen LogP contribution is -2.53. The number of ether oxygens (including phenoxy) is 2. The lowest BCUT2D eigenvalue weighted by Gasteiger charge is -2.45. The summed E-state index contributed by atoms with van der Waals surface area (Å²) in [7, 11) is -0.774. The zero-order chi connectivity index (χ0) is 37.1. The van der Waals surface area contributed by atoms with Crippen LogP contribution in [0.1, 0.15) is 90.9 Å². The highest BCUT2D eigenvalue weighted by atomic mass is 35.5. The minimum Gasteiger partial charge on any atom is -0.497 e. The zero-order valence-electron chi connectivity index (χ0n) is 30.0. The molecule has 0 saturated heterocycles. The Balaban J connectivity index is 1.59. The minimum absolute atomic E-state index is 0.0295. The molecule has 0 radical (unpaired) electrons. The Morgan fingerprint density at radius 3 is 2.53 bits per heavy atom. The number of aliphatic hydroxyl groups excluding tert-OH is 1. The van der Waals surface area contributed by atoms with Crippen LogP contribution in [-0.2, 0) is 29.4 Å². The molecule has 4 atom stereocenters. The maximum absolute atomic E-state index is 14.9. The van der Waals surface area contributed by atoms with Crippen molar-refractivity contribution in [2.75, 3.05) is 27.0 Å². The van der Waals surface area contributed by atoms with Gasteiger partial charge >= 0.3 is 0 Å². The highest BCUT2D eigenvalue weighted by Gasteiger charge is 2.58. The smallest absolute Gasteiger partial charge is 0.211 e. The summed E-state index contributed by atoms with van der Waals surface area (Å²) < 4.78 is 53.9. The van der Waals surface area contributed by atoms with Gasteiger partial charge < -0.3 is 19.7 Å². The largest absolute Gasteiger partial charge is 0.497 e. The van der Waals surface area contributed by atoms with E-state index in [0.29, 0.717) is 66.7 Å². The third-order valence-corrected chi connectivity index (χ3v) is 12.7. The molecular formula is C40H49ClFNO7S. The summed E-state index contributed by atoms with van der Waals surface area (Å²) in [6.07, 6.45) is 5.86. The lowest BCUT2D eigenvalue weighted by atomic mass is 9.64. The van der Waals surface area contributed by atoms with Crippen molar-refractivity contribution in [3.05, 3.63) is 105 Å². The first-order chi connectivity index (χ1) is 24.1. The molecule has 2 N–H and O–H groups in total. The highest BCUT2D eigenvalue weighted by Crippen LogP contribution is 2.59. The van der Waals surface area contributed by atoms with Gasteiger partial charge in [-0.15, -0.1) is 0 Å². The maximum atomic E-state index is 14.9. The van der Waals surface area contributed by atoms with Crippen molar-refractivity contribution in [3.63, 3.8) is 0 Å². The number of methoxy groups -OCH3 is 2. The van der Waals surface area contributed by atoms with Gasteiger partial charge in [0.1, 0.15) is 17.3 Å². The maximum Gasteiger partial charge on any atom is 0.211 e. The Morgan fingerprint density at radius 2 is 1.84 bits per heavy atom. The normalized spacial score (nSPS) is 24.2. The van der Waals surface area contributed by atoms with Gasteiger partial charge in [-0.05, 0) is 93.2 Å². The summed E-state index contributed by atoms with van der Waals surface area (Å²) in [5.74, 6) is -0.198. The van der Waals surface area contributed by atoms with Gasteiger partial charge in [-0.1, -0.05) is 54.4 Å². The van der Waals surface area contributed by atoms with Gasteiger partial charge in [0, 0.05) is 52.7 Å². The molecule has 3 aromatic carbocycles. The third-order valence-electron chi connectivity index (χ3n) is 11.1. The Labute approximate surface area is 306 Å². The topological polar surface area (TPSA) is 113 Å². The molecule has 276 valence electrons. The molecule has 3 aromatic rings. The molecule has 51 heavy (non-hydrogen) atoms. The molecule has 1 saturated carbocycles. The molecule has 0 aliphatic heterocycles. The third kappa shape index (κ3) is 8.52. The number of hydrogen-bond acceptors (Lipinski definition) is 7. The molecule has 11 heteroatoms. The van der Waals surface area contributed by atoms with Gasteiger partial charge in [0.25, 0.3) is 0 Å². The second-order valence-corrected chi connectivity index (χ2v) is 16.8. The van der Waals surface area contributed by atoms with Crippen LogP contribution >= 0.6 is 11.6 Å². The summed E-state index contributed by atoms with van der Waals surface area (Å²) in [6.45, 7) is 3.83. The number of allylic oxidation sites excluding steroid dienone is 2. The SMILES string of the molecule is COc1ccc(CN(CC2(O)CCC3c4ccc(cc4C(=O)Cc4c(F)cccc4Cl)CC(O)CCC(C)=CCCC32C)S(C)(=O)=O)c(OC)c1. The van der Waals surface area contributed by atoms with Crippen molar-refractivity contribution >= 4 is 27.4 Å². The molecule has 4 unspecified atom stereocenters. The van der Waals surface area contributed by atoms with Gasteiger partial charge in [0.15, 0.2) is 5.78 Å². The van der Waals surface area contributed by atoms with Crippen LogP contribution in [0, 0.1) is 11.2 Å². The van der Waals surface area contributed by atoms with Crippen molar-refractivity contribution in [1.82, 2.24) is 4.31 Å². The first kappa shape index (κ1) is 38.9. The Bertz CT molecular complexity index is 1880. The van der Waals surface area contributed by atoms with E-state index in [2.05, 4.69) is 6.08 Å². The number of nitrogens with zero attached hydrogens (tertiary/aromatic N) is 1. The summed E-state index contributed by atoms with van der Waals surface area (Å²) in [6, 6.07) is 15.1. The molecule has 8 nitrogen and oxygen atoms in total. The summed E-state index contributed by atoms with van der Waals surface area (Å²) in [5.41, 5.74) is 1.38. The summed E-state index contributed by atoms with van der Waals surface area (Å²) in [4.78, 5) is 14.2. The van der Waals surface area contributed by atoms with Gasteiger partial charge in [-0.3, -0.25) is 4.79 Å². The van der Waals surface area contributed by atoms with E-state index in [4.69, 9.17) is 21.1 Å². The number of hydrogen-bond donors (Lipinski definition) is 2. The number of Topliss-reactive ketones (excluding diaryl/α,β-unsaturated/α-hetero) is 1. The van der Waals surface area contributed by atoms with E-state index in [1.54, 1.807) is 30.3 Å². The number of sulfonamides is 1. The molecule has 0 heterocycles. The molecule has 3 aliphatic rings. The number of rotatable bonds is 10. The fourth-order valence-corrected chi connectivity index (χ4v) is 9.00. The van der Waals surface area contributed by atoms with Crippen LogP contribution in [0.2, 0.25) is 5.02 Å². The van der Waals surface area contributed by atoms with E-state index in [0.717, 1.165) is 17.4 Å². The van der Waals surface area contributed by atoms with E-state index < -0.39 is 33.0 Å². The van der Waals surface area contributed by atoms with E-state index in [1.807, 2.05) is 26.0 Å². The monoisotopic (exact) mass is 741 g/mol. The average Bonchev–Trinajstić information content (AvgIpc) is 3.33. The van der Waals surface area contributed by atoms with Crippen LogP contribution in [0.5, 0.6) is 11.5 Å². The number of benzene rings is 3. The fraction of sp³-hybridized carbons (Fsp3) is 0.475. The van der Waals surface area contributed by atoms with Crippen molar-refractivity contribution in [1.29, 1.82) is 0 Å². The predicted molar refractivity (Wildman–Crippen MR) is 198 cm³/mol. The quantitative estimate of drug-likeness (QED) is 0.164. The van der Waals surface area contributed by atoms with Gasteiger partial charge in [-0.25, -0.2) is 12.8 Å². The van der Waals surface area contributed by atoms with E-state index in [-0.39, 0.29) is 48.2 Å². The molecule has 1 fully saturated rings. The minimum atomic E-state index is -3.82. The molecule has 0 aromatic heterocycles. The molecule has 0 spiro atoms. The number of carbonyl (C=O) groups is 1. The first-order valence-corrected chi connectivity index (χ1v) is 19.6. The van der Waals surface area contributed by atoms with Crippen LogP contribution in [0.3, 0.4) is 0 Å². The van der Waals surface area contributed by atoms with Crippen molar-refractivity contribution in [2.45, 2.75) is 89.4 Å². The van der Waals surface area contributed by atoms with Crippen LogP contribution < -0.4 is 9.47 Å². The number of fused-ring (bicyclic) bond motifs is 8. The van der Waals surface area contributed by atoms with Crippen molar-refractivity contribution in [2.24, 2.45) is 5.41 Å². The Kier molecular flexibility index (Phi) is 12.0. The molecule has 0 amide bonds. The summed E-state index contributed by atoms with van der Waals surface area (Å²) in [5, 5.41) is 23.9. The Hall–Kier alpha value is -3.28. The zero-order valence-corrected chi connectivity index (χ0v) is 31.6. The second-order valence-electron chi connectivity index (χ2n) is 14.5. The first-order valence-electron chi connectivity index (χ1n) is 17.4. The fourth-order valence-electron chi connectivity index (χ4n) is 7.95. The van der Waals surface area contributed by atoms with Gasteiger partial charge in [-0.2, -0.15) is 4.31 Å². The lowest BCUT2D eigenvalue weighted by molar-refractivity contribution is -0.0731. The van der Waals surface area contributed by atoms with Gasteiger partial charge in [0.2, 0.25) is 10.0 Å². The van der Waals surface area contributed by atoms with Gasteiger partial charge in [0.05, 0.1) is 32.2 Å². The number of aliphatic hydroxyl groups is 2. The standard InChI is InChI=1S/C40H49ClFNO7S/c1-26-8-7-18-39(2)34(17-19-40(39,46)25-43(51(5,47)48)24-28-13-15-30(49-3)22-38(28)50-4)31-16-12-27(20-29(44)14-11-26)21-32(31)37(45)23-33-35(41)9-6-10-36(33)42/h6,8-10,12-13,15-16,21-22,29,34,44,46H,7,11,14,17-20,23-25H2,1-5H3. The van der Waals surface area contributed by atoms with E-state index in [1.165, 1.54) is 30.7 Å². The Morgan fingerprint density at radius 1 is 1.08 bits per heavy atom. The summed E-state index contributed by atoms with van der Waals surface area (Å²) >= 11 is 6.35. The molecule has 3 aliphatic carbocycles. The second kappa shape index (κ2) is 15.8. The molecule has 6 rings (SSSR count). The van der Waals surface area contributed by atoms with Crippen LogP contribution in [0.15, 0.2) is 66.2 Å². The average molecular weight is 742 g/mol. The predicted octanol–water partition coefficient (Wildman–Crippen LogP) is 7.42. The molecular weight excluding hydrogens is 693 g/mol.